The van der Waals surface area contributed by atoms with Gasteiger partial charge in [-0.25, -0.2) is 0 Å². The van der Waals surface area contributed by atoms with Crippen molar-refractivity contribution in [1.82, 2.24) is 10.6 Å². The Bertz CT molecular complexity index is 750. The molecule has 0 heterocycles. The van der Waals surface area contributed by atoms with E-state index in [-0.39, 0.29) is 43.5 Å². The van der Waals surface area contributed by atoms with Gasteiger partial charge >= 0.3 is 5.97 Å². The first-order valence-corrected chi connectivity index (χ1v) is 11.5. The molecule has 0 saturated carbocycles. The zero-order chi connectivity index (χ0) is 24.5. The van der Waals surface area contributed by atoms with Gasteiger partial charge in [-0.05, 0) is 44.6 Å². The fraction of sp³-hybridized carbons (Fsp3) is 0.500. The Labute approximate surface area is 197 Å². The van der Waals surface area contributed by atoms with E-state index in [9.17, 15) is 14.4 Å². The summed E-state index contributed by atoms with van der Waals surface area (Å²) >= 11 is 0. The molecule has 0 bridgehead atoms. The van der Waals surface area contributed by atoms with Gasteiger partial charge in [0, 0.05) is 18.9 Å². The van der Waals surface area contributed by atoms with Crippen molar-refractivity contribution < 1.29 is 24.2 Å². The highest BCUT2D eigenvalue weighted by Gasteiger charge is 2.24. The number of rotatable bonds is 17. The third-order valence-corrected chi connectivity index (χ3v) is 5.09. The number of carbonyl (C=O) groups is 3. The maximum absolute atomic E-state index is 13.0. The molecule has 3 atom stereocenters. The average molecular weight is 459 g/mol. The number of amides is 2. The highest BCUT2D eigenvalue weighted by Crippen LogP contribution is 2.12. The lowest BCUT2D eigenvalue weighted by Gasteiger charge is -2.23. The molecule has 0 aliphatic rings. The number of nitrogens with one attached hydrogen (secondary N) is 2. The van der Waals surface area contributed by atoms with Gasteiger partial charge in [0.05, 0.1) is 18.6 Å². The largest absolute Gasteiger partial charge is 0.463 e. The standard InChI is InChI=1S/C26H38N2O5/c1-4-6-7-11-15-25(31)33-19-23(16-21-13-9-8-10-14-21)28-26(32)22(12-5-2)17-24(30)27-20(3)18-29/h4-5,8-10,13-14,20,22-23,29H,1-2,6-7,11-12,15-19H2,3H3,(H,27,30)(H,28,32)/t20-,22+,23+/m0/s1. The Morgan fingerprint density at radius 2 is 1.82 bits per heavy atom. The number of carbonyl (C=O) groups excluding carboxylic acids is 3. The van der Waals surface area contributed by atoms with E-state index < -0.39 is 12.0 Å². The van der Waals surface area contributed by atoms with Crippen molar-refractivity contribution in [3.05, 3.63) is 61.2 Å². The van der Waals surface area contributed by atoms with E-state index >= 15 is 0 Å². The van der Waals surface area contributed by atoms with Gasteiger partial charge in [-0.1, -0.05) is 42.5 Å². The molecular weight excluding hydrogens is 420 g/mol. The number of unbranched alkanes of at least 4 members (excludes halogenated alkanes) is 2. The van der Waals surface area contributed by atoms with Crippen molar-refractivity contribution in [1.29, 1.82) is 0 Å². The minimum Gasteiger partial charge on any atom is -0.463 e. The molecule has 0 saturated heterocycles. The van der Waals surface area contributed by atoms with Crippen LogP contribution in [0.5, 0.6) is 0 Å². The zero-order valence-corrected chi connectivity index (χ0v) is 19.6. The van der Waals surface area contributed by atoms with Crippen LogP contribution in [0.3, 0.4) is 0 Å². The molecule has 0 radical (unpaired) electrons. The van der Waals surface area contributed by atoms with E-state index in [2.05, 4.69) is 23.8 Å². The first-order chi connectivity index (χ1) is 15.9. The van der Waals surface area contributed by atoms with E-state index in [0.717, 1.165) is 24.8 Å². The Morgan fingerprint density at radius 3 is 2.45 bits per heavy atom. The molecule has 182 valence electrons. The monoisotopic (exact) mass is 458 g/mol. The number of ether oxygens (including phenoxy) is 1. The van der Waals surface area contributed by atoms with E-state index in [1.165, 1.54) is 0 Å². The van der Waals surface area contributed by atoms with Crippen molar-refractivity contribution in [3.8, 4) is 0 Å². The summed E-state index contributed by atoms with van der Waals surface area (Å²) in [5.74, 6) is -1.53. The lowest BCUT2D eigenvalue weighted by Crippen LogP contribution is -2.45. The molecule has 1 aromatic carbocycles. The number of esters is 1. The van der Waals surface area contributed by atoms with E-state index in [0.29, 0.717) is 19.3 Å². The van der Waals surface area contributed by atoms with Gasteiger partial charge in [-0.3, -0.25) is 14.4 Å². The summed E-state index contributed by atoms with van der Waals surface area (Å²) < 4.78 is 5.44. The van der Waals surface area contributed by atoms with Gasteiger partial charge in [0.1, 0.15) is 6.61 Å². The summed E-state index contributed by atoms with van der Waals surface area (Å²) in [5, 5.41) is 14.7. The molecule has 0 unspecified atom stereocenters. The molecule has 33 heavy (non-hydrogen) atoms. The van der Waals surface area contributed by atoms with Crippen LogP contribution < -0.4 is 10.6 Å². The molecular formula is C26H38N2O5. The summed E-state index contributed by atoms with van der Waals surface area (Å²) in [7, 11) is 0. The molecule has 0 aliphatic heterocycles. The Morgan fingerprint density at radius 1 is 1.09 bits per heavy atom. The fourth-order valence-electron chi connectivity index (χ4n) is 3.28. The number of benzene rings is 1. The van der Waals surface area contributed by atoms with Crippen molar-refractivity contribution in [3.63, 3.8) is 0 Å². The third kappa shape index (κ3) is 12.6. The first-order valence-electron chi connectivity index (χ1n) is 11.5. The van der Waals surface area contributed by atoms with E-state index in [1.54, 1.807) is 13.0 Å². The van der Waals surface area contributed by atoms with Crippen molar-refractivity contribution >= 4 is 17.8 Å². The molecule has 1 aromatic rings. The predicted octanol–water partition coefficient (Wildman–Crippen LogP) is 3.08. The Balaban J connectivity index is 2.76. The maximum Gasteiger partial charge on any atom is 0.305 e. The number of aliphatic hydroxyl groups excluding tert-OH is 1. The molecule has 0 spiro atoms. The second kappa shape index (κ2) is 16.7. The van der Waals surface area contributed by atoms with Crippen molar-refractivity contribution in [2.75, 3.05) is 13.2 Å². The number of hydrogen-bond donors (Lipinski definition) is 3. The fourth-order valence-corrected chi connectivity index (χ4v) is 3.28. The molecule has 3 N–H and O–H groups in total. The molecule has 0 fully saturated rings. The van der Waals surface area contributed by atoms with Crippen molar-refractivity contribution in [2.24, 2.45) is 5.92 Å². The van der Waals surface area contributed by atoms with Gasteiger partial charge in [0.2, 0.25) is 11.8 Å². The lowest BCUT2D eigenvalue weighted by molar-refractivity contribution is -0.145. The van der Waals surface area contributed by atoms with Crippen LogP contribution in [0, 0.1) is 5.92 Å². The van der Waals surface area contributed by atoms with Crippen molar-refractivity contribution in [2.45, 2.75) is 64.0 Å². The zero-order valence-electron chi connectivity index (χ0n) is 19.6. The second-order valence-electron chi connectivity index (χ2n) is 8.19. The Hall–Kier alpha value is -2.93. The quantitative estimate of drug-likeness (QED) is 0.189. The van der Waals surface area contributed by atoms with Gasteiger partial charge in [-0.2, -0.15) is 0 Å². The van der Waals surface area contributed by atoms with Crippen LogP contribution in [0.25, 0.3) is 0 Å². The molecule has 0 aliphatic carbocycles. The highest BCUT2D eigenvalue weighted by molar-refractivity contribution is 5.86. The summed E-state index contributed by atoms with van der Waals surface area (Å²) in [6.07, 6.45) is 7.00. The van der Waals surface area contributed by atoms with Gasteiger partial charge in [-0.15, -0.1) is 13.2 Å². The topological polar surface area (TPSA) is 105 Å². The predicted molar refractivity (Wildman–Crippen MR) is 129 cm³/mol. The summed E-state index contributed by atoms with van der Waals surface area (Å²) in [5.41, 5.74) is 1.000. The molecule has 7 heteroatoms. The molecule has 7 nitrogen and oxygen atoms in total. The van der Waals surface area contributed by atoms with Crippen LogP contribution in [0.15, 0.2) is 55.6 Å². The smallest absolute Gasteiger partial charge is 0.305 e. The highest BCUT2D eigenvalue weighted by atomic mass is 16.5. The Kier molecular flexibility index (Phi) is 14.2. The third-order valence-electron chi connectivity index (χ3n) is 5.09. The average Bonchev–Trinajstić information content (AvgIpc) is 2.80. The number of allylic oxidation sites excluding steroid dienone is 2. The normalized spacial score (nSPS) is 13.3. The van der Waals surface area contributed by atoms with E-state index in [4.69, 9.17) is 9.84 Å². The van der Waals surface area contributed by atoms with Gasteiger partial charge in [0.25, 0.3) is 0 Å². The molecule has 2 amide bonds. The summed E-state index contributed by atoms with van der Waals surface area (Å²) in [6, 6.07) is 8.81. The summed E-state index contributed by atoms with van der Waals surface area (Å²) in [6.45, 7) is 8.91. The van der Waals surface area contributed by atoms with Crippen LogP contribution in [0.1, 0.15) is 51.0 Å². The van der Waals surface area contributed by atoms with Crippen LogP contribution in [-0.4, -0.2) is 48.2 Å². The first kappa shape index (κ1) is 28.1. The SMILES string of the molecule is C=CCCCCC(=O)OC[C@@H](Cc1ccccc1)NC(=O)[C@H](CC=C)CC(=O)N[C@@H](C)CO. The van der Waals surface area contributed by atoms with Crippen LogP contribution in [0.2, 0.25) is 0 Å². The van der Waals surface area contributed by atoms with E-state index in [1.807, 2.05) is 36.4 Å². The van der Waals surface area contributed by atoms with Gasteiger partial charge < -0.3 is 20.5 Å². The molecule has 1 rings (SSSR count). The number of hydrogen-bond acceptors (Lipinski definition) is 5. The van der Waals surface area contributed by atoms with Crippen LogP contribution in [-0.2, 0) is 25.5 Å². The second-order valence-corrected chi connectivity index (χ2v) is 8.19. The van der Waals surface area contributed by atoms with Crippen LogP contribution >= 0.6 is 0 Å². The lowest BCUT2D eigenvalue weighted by atomic mass is 9.98. The minimum absolute atomic E-state index is 0.0245. The maximum atomic E-state index is 13.0. The molecule has 0 aromatic heterocycles. The number of aliphatic hydroxyl groups is 1. The minimum atomic E-state index is -0.610. The van der Waals surface area contributed by atoms with Crippen LogP contribution in [0.4, 0.5) is 0 Å². The van der Waals surface area contributed by atoms with Gasteiger partial charge in [0.15, 0.2) is 0 Å². The summed E-state index contributed by atoms with van der Waals surface area (Å²) in [4.78, 5) is 37.3.